The van der Waals surface area contributed by atoms with Gasteiger partial charge in [-0.25, -0.2) is 4.79 Å². The van der Waals surface area contributed by atoms with Crippen LogP contribution in [-0.2, 0) is 12.7 Å². The van der Waals surface area contributed by atoms with E-state index in [9.17, 15) is 18.0 Å². The number of aryl methyl sites for hydroxylation is 1. The van der Waals surface area contributed by atoms with E-state index in [1.54, 1.807) is 4.90 Å². The molecule has 2 heterocycles. The highest BCUT2D eigenvalue weighted by atomic mass is 19.4. The molecule has 0 bridgehead atoms. The number of ether oxygens (including phenoxy) is 1. The zero-order valence-electron chi connectivity index (χ0n) is 16.4. The molecule has 1 fully saturated rings. The predicted molar refractivity (Wildman–Crippen MR) is 107 cm³/mol. The fourth-order valence-electron chi connectivity index (χ4n) is 3.52. The van der Waals surface area contributed by atoms with Gasteiger partial charge in [0.25, 0.3) is 0 Å². The van der Waals surface area contributed by atoms with E-state index in [4.69, 9.17) is 4.74 Å². The summed E-state index contributed by atoms with van der Waals surface area (Å²) in [4.78, 5) is 17.2. The number of aromatic amines is 1. The normalized spacial score (nSPS) is 14.6. The first-order chi connectivity index (χ1) is 14.3. The van der Waals surface area contributed by atoms with Crippen LogP contribution in [0.15, 0.2) is 48.5 Å². The molecule has 0 atom stereocenters. The molecule has 4 rings (SSSR count). The molecule has 2 N–H and O–H groups in total. The monoisotopic (exact) mass is 417 g/mol. The van der Waals surface area contributed by atoms with Crippen LogP contribution in [0, 0.1) is 12.8 Å². The van der Waals surface area contributed by atoms with Crippen LogP contribution in [0.25, 0.3) is 10.9 Å². The van der Waals surface area contributed by atoms with Crippen molar-refractivity contribution in [3.05, 3.63) is 65.4 Å². The minimum Gasteiger partial charge on any atom is -0.493 e. The maximum absolute atomic E-state index is 12.6. The molecule has 1 aromatic heterocycles. The van der Waals surface area contributed by atoms with E-state index in [-0.39, 0.29) is 11.9 Å². The Morgan fingerprint density at radius 3 is 2.60 bits per heavy atom. The summed E-state index contributed by atoms with van der Waals surface area (Å²) < 4.78 is 43.3. The first-order valence-electron chi connectivity index (χ1n) is 9.69. The second kappa shape index (κ2) is 7.93. The second-order valence-corrected chi connectivity index (χ2v) is 7.64. The summed E-state index contributed by atoms with van der Waals surface area (Å²) in [6.07, 6.45) is -4.35. The highest BCUT2D eigenvalue weighted by Gasteiger charge is 2.32. The lowest BCUT2D eigenvalue weighted by molar-refractivity contribution is -0.137. The summed E-state index contributed by atoms with van der Waals surface area (Å²) in [6, 6.07) is 12.6. The maximum atomic E-state index is 12.6. The third kappa shape index (κ3) is 4.53. The number of nitrogens with one attached hydrogen (secondary N) is 2. The molecule has 1 aliphatic rings. The third-order valence-corrected chi connectivity index (χ3v) is 5.18. The van der Waals surface area contributed by atoms with E-state index >= 15 is 0 Å². The molecule has 30 heavy (non-hydrogen) atoms. The van der Waals surface area contributed by atoms with Gasteiger partial charge in [0.15, 0.2) is 0 Å². The number of likely N-dealkylation sites (tertiary alicyclic amines) is 1. The number of fused-ring (bicyclic) bond motifs is 1. The molecule has 2 amide bonds. The number of aromatic nitrogens is 1. The van der Waals surface area contributed by atoms with E-state index in [2.05, 4.69) is 22.4 Å². The van der Waals surface area contributed by atoms with Crippen molar-refractivity contribution in [3.8, 4) is 5.75 Å². The maximum Gasteiger partial charge on any atom is 0.416 e. The number of alkyl halides is 3. The molecule has 0 radical (unpaired) electrons. The van der Waals surface area contributed by atoms with Gasteiger partial charge in [0.2, 0.25) is 0 Å². The molecule has 8 heteroatoms. The van der Waals surface area contributed by atoms with Gasteiger partial charge in [-0.3, -0.25) is 0 Å². The summed E-state index contributed by atoms with van der Waals surface area (Å²) >= 11 is 0. The Morgan fingerprint density at radius 1 is 1.17 bits per heavy atom. The lowest BCUT2D eigenvalue weighted by Gasteiger charge is -2.38. The van der Waals surface area contributed by atoms with Gasteiger partial charge >= 0.3 is 12.2 Å². The van der Waals surface area contributed by atoms with Gasteiger partial charge in [-0.2, -0.15) is 13.2 Å². The summed E-state index contributed by atoms with van der Waals surface area (Å²) in [5.74, 6) is 0.554. The number of halogens is 3. The molecule has 1 saturated heterocycles. The van der Waals surface area contributed by atoms with Crippen molar-refractivity contribution in [1.82, 2.24) is 15.2 Å². The number of H-pyrrole nitrogens is 1. The third-order valence-electron chi connectivity index (χ3n) is 5.18. The Balaban J connectivity index is 1.19. The minimum absolute atomic E-state index is 0.133. The summed E-state index contributed by atoms with van der Waals surface area (Å²) in [6.45, 7) is 3.93. The number of carbonyl (C=O) groups is 1. The summed E-state index contributed by atoms with van der Waals surface area (Å²) in [5, 5.41) is 4.03. The standard InChI is InChI=1S/C22H22F3N3O2/c1-14-8-17-9-15(2-7-20(17)27-14)10-26-21(29)28-11-16(12-28)13-30-19-5-3-18(4-6-19)22(23,24)25/h2-9,16,27H,10-13H2,1H3,(H,26,29). The van der Waals surface area contributed by atoms with Crippen molar-refractivity contribution < 1.29 is 22.7 Å². The highest BCUT2D eigenvalue weighted by molar-refractivity contribution is 5.81. The summed E-state index contributed by atoms with van der Waals surface area (Å²) in [7, 11) is 0. The van der Waals surface area contributed by atoms with Crippen molar-refractivity contribution in [3.63, 3.8) is 0 Å². The van der Waals surface area contributed by atoms with Crippen molar-refractivity contribution in [2.75, 3.05) is 19.7 Å². The van der Waals surface area contributed by atoms with Crippen LogP contribution < -0.4 is 10.1 Å². The van der Waals surface area contributed by atoms with Crippen LogP contribution in [0.3, 0.4) is 0 Å². The largest absolute Gasteiger partial charge is 0.493 e. The molecule has 158 valence electrons. The predicted octanol–water partition coefficient (Wildman–Crippen LogP) is 4.72. The average Bonchev–Trinajstić information content (AvgIpc) is 3.04. The van der Waals surface area contributed by atoms with Gasteiger partial charge < -0.3 is 19.9 Å². The molecule has 3 aromatic rings. The van der Waals surface area contributed by atoms with Gasteiger partial charge in [-0.05, 0) is 60.3 Å². The SMILES string of the molecule is Cc1cc2cc(CNC(=O)N3CC(COc4ccc(C(F)(F)F)cc4)C3)ccc2[nH]1. The first kappa shape index (κ1) is 20.1. The average molecular weight is 417 g/mol. The molecule has 0 spiro atoms. The van der Waals surface area contributed by atoms with Crippen LogP contribution in [0.1, 0.15) is 16.8 Å². The number of rotatable bonds is 5. The van der Waals surface area contributed by atoms with Crippen LogP contribution in [0.2, 0.25) is 0 Å². The Morgan fingerprint density at radius 2 is 1.90 bits per heavy atom. The quantitative estimate of drug-likeness (QED) is 0.631. The number of benzene rings is 2. The molecular formula is C22H22F3N3O2. The molecule has 0 unspecified atom stereocenters. The molecular weight excluding hydrogens is 395 g/mol. The molecule has 0 aliphatic carbocycles. The van der Waals surface area contributed by atoms with Gasteiger partial charge in [-0.15, -0.1) is 0 Å². The number of nitrogens with zero attached hydrogens (tertiary/aromatic N) is 1. The van der Waals surface area contributed by atoms with Crippen LogP contribution in [0.4, 0.5) is 18.0 Å². The lowest BCUT2D eigenvalue weighted by atomic mass is 10.0. The van der Waals surface area contributed by atoms with E-state index in [1.165, 1.54) is 12.1 Å². The Hall–Kier alpha value is -3.16. The smallest absolute Gasteiger partial charge is 0.416 e. The van der Waals surface area contributed by atoms with Gasteiger partial charge in [0, 0.05) is 36.8 Å². The van der Waals surface area contributed by atoms with E-state index in [1.807, 2.05) is 19.1 Å². The van der Waals surface area contributed by atoms with Crippen LogP contribution in [-0.4, -0.2) is 35.6 Å². The Bertz CT molecular complexity index is 1040. The second-order valence-electron chi connectivity index (χ2n) is 7.64. The van der Waals surface area contributed by atoms with E-state index in [0.29, 0.717) is 32.0 Å². The molecule has 0 saturated carbocycles. The zero-order valence-corrected chi connectivity index (χ0v) is 16.4. The van der Waals surface area contributed by atoms with Gasteiger partial charge in [-0.1, -0.05) is 6.07 Å². The van der Waals surface area contributed by atoms with Crippen molar-refractivity contribution >= 4 is 16.9 Å². The Labute approximate surface area is 171 Å². The Kier molecular flexibility index (Phi) is 5.32. The van der Waals surface area contributed by atoms with Gasteiger partial charge in [0.1, 0.15) is 5.75 Å². The fourth-order valence-corrected chi connectivity index (χ4v) is 3.52. The number of amides is 2. The minimum atomic E-state index is -4.35. The number of hydrogen-bond donors (Lipinski definition) is 2. The van der Waals surface area contributed by atoms with E-state index in [0.717, 1.165) is 34.3 Å². The van der Waals surface area contributed by atoms with Crippen molar-refractivity contribution in [2.24, 2.45) is 5.92 Å². The van der Waals surface area contributed by atoms with Crippen LogP contribution >= 0.6 is 0 Å². The van der Waals surface area contributed by atoms with Crippen molar-refractivity contribution in [1.29, 1.82) is 0 Å². The zero-order chi connectivity index (χ0) is 21.3. The van der Waals surface area contributed by atoms with Crippen molar-refractivity contribution in [2.45, 2.75) is 19.6 Å². The molecule has 1 aliphatic heterocycles. The topological polar surface area (TPSA) is 57.4 Å². The highest BCUT2D eigenvalue weighted by Crippen LogP contribution is 2.30. The van der Waals surface area contributed by atoms with Crippen LogP contribution in [0.5, 0.6) is 5.75 Å². The van der Waals surface area contributed by atoms with E-state index < -0.39 is 11.7 Å². The lowest BCUT2D eigenvalue weighted by Crippen LogP contribution is -2.55. The first-order valence-corrected chi connectivity index (χ1v) is 9.69. The fraction of sp³-hybridized carbons (Fsp3) is 0.318. The number of urea groups is 1. The number of carbonyl (C=O) groups excluding carboxylic acids is 1. The number of hydrogen-bond acceptors (Lipinski definition) is 2. The molecule has 2 aromatic carbocycles. The molecule has 5 nitrogen and oxygen atoms in total. The van der Waals surface area contributed by atoms with Gasteiger partial charge in [0.05, 0.1) is 12.2 Å². The summed E-state index contributed by atoms with van der Waals surface area (Å²) in [5.41, 5.74) is 2.49.